The highest BCUT2D eigenvalue weighted by Gasteiger charge is 2.34. The van der Waals surface area contributed by atoms with Crippen LogP contribution in [0.1, 0.15) is 48.9 Å². The monoisotopic (exact) mass is 313 g/mol. The molecule has 0 bridgehead atoms. The number of amides is 1. The van der Waals surface area contributed by atoms with Gasteiger partial charge in [0.05, 0.1) is 6.54 Å². The number of carbonyl (C=O) groups excluding carboxylic acids is 2. The Morgan fingerprint density at radius 2 is 1.73 bits per heavy atom. The van der Waals surface area contributed by atoms with Crippen molar-refractivity contribution in [1.82, 2.24) is 15.1 Å². The SMILES string of the molecule is CC.CC(=O)CN1CC(N2CCC(NC(=O)C(C)C)CC2)C1.[HH]. The molecule has 2 aliphatic heterocycles. The van der Waals surface area contributed by atoms with Gasteiger partial charge in [0, 0.05) is 45.6 Å². The van der Waals surface area contributed by atoms with Crippen LogP contribution in [0.25, 0.3) is 0 Å². The van der Waals surface area contributed by atoms with E-state index in [9.17, 15) is 9.59 Å². The number of nitrogens with zero attached hydrogens (tertiary/aromatic N) is 2. The zero-order chi connectivity index (χ0) is 16.7. The molecule has 5 nitrogen and oxygen atoms in total. The highest BCUT2D eigenvalue weighted by atomic mass is 16.2. The molecule has 2 rings (SSSR count). The van der Waals surface area contributed by atoms with Crippen LogP contribution in [-0.4, -0.2) is 66.3 Å². The summed E-state index contributed by atoms with van der Waals surface area (Å²) in [5.74, 6) is 0.484. The van der Waals surface area contributed by atoms with E-state index in [0.29, 0.717) is 18.6 Å². The van der Waals surface area contributed by atoms with E-state index >= 15 is 0 Å². The average molecular weight is 313 g/mol. The summed E-state index contributed by atoms with van der Waals surface area (Å²) in [7, 11) is 0. The molecule has 2 aliphatic rings. The number of carbonyl (C=O) groups is 2. The van der Waals surface area contributed by atoms with Gasteiger partial charge in [0.1, 0.15) is 5.78 Å². The second kappa shape index (κ2) is 9.26. The first-order valence-corrected chi connectivity index (χ1v) is 8.72. The number of hydrogen-bond donors (Lipinski definition) is 1. The summed E-state index contributed by atoms with van der Waals surface area (Å²) in [5, 5.41) is 3.13. The second-order valence-electron chi connectivity index (χ2n) is 6.52. The van der Waals surface area contributed by atoms with Gasteiger partial charge in [-0.15, -0.1) is 0 Å². The summed E-state index contributed by atoms with van der Waals surface area (Å²) < 4.78 is 0. The molecule has 130 valence electrons. The first-order chi connectivity index (χ1) is 10.5. The maximum absolute atomic E-state index is 11.7. The number of piperidine rings is 1. The number of nitrogens with one attached hydrogen (secondary N) is 1. The van der Waals surface area contributed by atoms with Crippen molar-refractivity contribution >= 4 is 11.7 Å². The molecule has 5 heteroatoms. The van der Waals surface area contributed by atoms with E-state index in [0.717, 1.165) is 39.0 Å². The largest absolute Gasteiger partial charge is 0.353 e. The molecule has 0 spiro atoms. The van der Waals surface area contributed by atoms with Crippen LogP contribution >= 0.6 is 0 Å². The molecule has 22 heavy (non-hydrogen) atoms. The van der Waals surface area contributed by atoms with Crippen molar-refractivity contribution in [3.05, 3.63) is 0 Å². The smallest absolute Gasteiger partial charge is 0.222 e. The molecular formula is C17H35N3O2. The van der Waals surface area contributed by atoms with Crippen molar-refractivity contribution in [2.24, 2.45) is 5.92 Å². The molecule has 0 saturated carbocycles. The lowest BCUT2D eigenvalue weighted by Crippen LogP contribution is -2.62. The molecule has 0 unspecified atom stereocenters. The quantitative estimate of drug-likeness (QED) is 0.840. The molecule has 0 aromatic heterocycles. The summed E-state index contributed by atoms with van der Waals surface area (Å²) in [5.41, 5.74) is 0. The summed E-state index contributed by atoms with van der Waals surface area (Å²) >= 11 is 0. The van der Waals surface area contributed by atoms with Gasteiger partial charge in [-0.3, -0.25) is 19.4 Å². The predicted molar refractivity (Wildman–Crippen MR) is 91.9 cm³/mol. The number of rotatable bonds is 5. The van der Waals surface area contributed by atoms with Gasteiger partial charge in [0.25, 0.3) is 0 Å². The van der Waals surface area contributed by atoms with E-state index in [2.05, 4.69) is 15.1 Å². The summed E-state index contributed by atoms with van der Waals surface area (Å²) in [6, 6.07) is 0.950. The van der Waals surface area contributed by atoms with Gasteiger partial charge in [-0.1, -0.05) is 27.7 Å². The molecule has 1 amide bonds. The van der Waals surface area contributed by atoms with E-state index < -0.39 is 0 Å². The second-order valence-corrected chi connectivity index (χ2v) is 6.52. The standard InChI is InChI=1S/C15H27N3O2.C2H6.H2/c1-11(2)15(20)16-13-4-6-18(7-5-13)14-9-17(10-14)8-12(3)19;1-2;/h11,13-14H,4-10H2,1-3H3,(H,16,20);1-2H3;1H. The van der Waals surface area contributed by atoms with E-state index in [1.165, 1.54) is 0 Å². The van der Waals surface area contributed by atoms with Crippen LogP contribution < -0.4 is 5.32 Å². The van der Waals surface area contributed by atoms with Crippen LogP contribution in [0.5, 0.6) is 0 Å². The average Bonchev–Trinajstić information content (AvgIpc) is 2.45. The van der Waals surface area contributed by atoms with E-state index in [1.54, 1.807) is 6.92 Å². The first-order valence-electron chi connectivity index (χ1n) is 8.72. The van der Waals surface area contributed by atoms with E-state index in [4.69, 9.17) is 0 Å². The maximum Gasteiger partial charge on any atom is 0.222 e. The lowest BCUT2D eigenvalue weighted by molar-refractivity contribution is -0.125. The van der Waals surface area contributed by atoms with Crippen molar-refractivity contribution in [2.75, 3.05) is 32.7 Å². The molecule has 0 atom stereocenters. The Hall–Kier alpha value is -0.940. The molecule has 0 aromatic carbocycles. The fourth-order valence-electron chi connectivity index (χ4n) is 2.99. The van der Waals surface area contributed by atoms with Gasteiger partial charge < -0.3 is 5.32 Å². The Kier molecular flexibility index (Phi) is 8.04. The maximum atomic E-state index is 11.7. The molecule has 2 fully saturated rings. The third-order valence-corrected chi connectivity index (χ3v) is 4.30. The number of hydrogen-bond acceptors (Lipinski definition) is 4. The van der Waals surface area contributed by atoms with Crippen LogP contribution in [-0.2, 0) is 9.59 Å². The molecule has 2 saturated heterocycles. The third-order valence-electron chi connectivity index (χ3n) is 4.30. The highest BCUT2D eigenvalue weighted by Crippen LogP contribution is 2.20. The first kappa shape index (κ1) is 19.1. The Labute approximate surface area is 136 Å². The minimum absolute atomic E-state index is 0. The van der Waals surface area contributed by atoms with Crippen molar-refractivity contribution < 1.29 is 11.0 Å². The normalized spacial score (nSPS) is 21.0. The predicted octanol–water partition coefficient (Wildman–Crippen LogP) is 1.77. The summed E-state index contributed by atoms with van der Waals surface area (Å²) in [6.07, 6.45) is 2.09. The Bertz CT molecular complexity index is 363. The lowest BCUT2D eigenvalue weighted by Gasteiger charge is -2.47. The van der Waals surface area contributed by atoms with Crippen molar-refractivity contribution in [3.63, 3.8) is 0 Å². The highest BCUT2D eigenvalue weighted by molar-refractivity contribution is 5.78. The van der Waals surface area contributed by atoms with Crippen molar-refractivity contribution in [3.8, 4) is 0 Å². The third kappa shape index (κ3) is 5.69. The zero-order valence-corrected chi connectivity index (χ0v) is 14.9. The minimum Gasteiger partial charge on any atom is -0.353 e. The molecule has 0 aromatic rings. The van der Waals surface area contributed by atoms with Crippen molar-refractivity contribution in [2.45, 2.75) is 59.5 Å². The Morgan fingerprint density at radius 1 is 1.18 bits per heavy atom. The van der Waals surface area contributed by atoms with Gasteiger partial charge >= 0.3 is 0 Å². The number of Topliss-reactive ketones (excluding diaryl/α,β-unsaturated/α-hetero) is 1. The summed E-state index contributed by atoms with van der Waals surface area (Å²) in [6.45, 7) is 14.3. The molecule has 1 N–H and O–H groups in total. The lowest BCUT2D eigenvalue weighted by atomic mass is 9.99. The van der Waals surface area contributed by atoms with Crippen LogP contribution in [0.4, 0.5) is 0 Å². The zero-order valence-electron chi connectivity index (χ0n) is 14.9. The van der Waals surface area contributed by atoms with Gasteiger partial charge in [-0.2, -0.15) is 0 Å². The number of likely N-dealkylation sites (tertiary alicyclic amines) is 2. The van der Waals surface area contributed by atoms with Gasteiger partial charge in [0.2, 0.25) is 5.91 Å². The van der Waals surface area contributed by atoms with Crippen LogP contribution in [0.2, 0.25) is 0 Å². The minimum atomic E-state index is 0. The fraction of sp³-hybridized carbons (Fsp3) is 0.882. The number of ketones is 1. The van der Waals surface area contributed by atoms with Crippen LogP contribution in [0.3, 0.4) is 0 Å². The summed E-state index contributed by atoms with van der Waals surface area (Å²) in [4.78, 5) is 27.4. The Morgan fingerprint density at radius 3 is 2.18 bits per heavy atom. The molecule has 0 aliphatic carbocycles. The Balaban J connectivity index is 0.00000155. The molecule has 2 heterocycles. The van der Waals surface area contributed by atoms with E-state index in [1.807, 2.05) is 27.7 Å². The fourth-order valence-corrected chi connectivity index (χ4v) is 2.99. The van der Waals surface area contributed by atoms with Gasteiger partial charge in [-0.05, 0) is 19.8 Å². The molecular weight excluding hydrogens is 278 g/mol. The molecule has 0 radical (unpaired) electrons. The van der Waals surface area contributed by atoms with Gasteiger partial charge in [0.15, 0.2) is 0 Å². The van der Waals surface area contributed by atoms with Crippen LogP contribution in [0.15, 0.2) is 0 Å². The van der Waals surface area contributed by atoms with Gasteiger partial charge in [-0.25, -0.2) is 0 Å². The van der Waals surface area contributed by atoms with E-state index in [-0.39, 0.29) is 19.0 Å². The topological polar surface area (TPSA) is 52.7 Å². The van der Waals surface area contributed by atoms with Crippen LogP contribution in [0, 0.1) is 5.92 Å². The van der Waals surface area contributed by atoms with Crippen molar-refractivity contribution in [1.29, 1.82) is 0 Å².